The van der Waals surface area contributed by atoms with Crippen LogP contribution in [-0.2, 0) is 4.74 Å². The fraction of sp³-hybridized carbons (Fsp3) is 0.263. The molecule has 2 aromatic heterocycles. The summed E-state index contributed by atoms with van der Waals surface area (Å²) in [5, 5.41) is 9.64. The fourth-order valence-electron chi connectivity index (χ4n) is 3.04. The summed E-state index contributed by atoms with van der Waals surface area (Å²) in [6, 6.07) is 10.7. The predicted molar refractivity (Wildman–Crippen MR) is 103 cm³/mol. The van der Waals surface area contributed by atoms with E-state index in [1.54, 1.807) is 15.6 Å². The number of urea groups is 1. The van der Waals surface area contributed by atoms with Crippen molar-refractivity contribution >= 4 is 23.4 Å². The Hall–Kier alpha value is -3.46. The topological polar surface area (TPSA) is 101 Å². The molecule has 2 N–H and O–H groups in total. The third kappa shape index (κ3) is 3.65. The zero-order chi connectivity index (χ0) is 19.5. The molecule has 0 atom stereocenters. The smallest absolute Gasteiger partial charge is 0.320 e. The van der Waals surface area contributed by atoms with Gasteiger partial charge in [0.2, 0.25) is 0 Å². The molecule has 144 valence electrons. The lowest BCUT2D eigenvalue weighted by atomic mass is 10.1. The SMILES string of the molecule is CNC(=O)Nc1cn2nc(-c3cccc(C(=O)N4CCOCC4)c3)ccc2n1. The lowest BCUT2D eigenvalue weighted by Crippen LogP contribution is -2.40. The van der Waals surface area contributed by atoms with E-state index in [-0.39, 0.29) is 11.9 Å². The lowest BCUT2D eigenvalue weighted by Gasteiger charge is -2.27. The van der Waals surface area contributed by atoms with Gasteiger partial charge in [-0.25, -0.2) is 14.3 Å². The van der Waals surface area contributed by atoms with E-state index in [4.69, 9.17) is 4.74 Å². The average molecular weight is 380 g/mol. The van der Waals surface area contributed by atoms with Crippen LogP contribution in [0.25, 0.3) is 16.9 Å². The number of hydrogen-bond donors (Lipinski definition) is 2. The quantitative estimate of drug-likeness (QED) is 0.719. The van der Waals surface area contributed by atoms with Crippen LogP contribution in [0, 0.1) is 0 Å². The van der Waals surface area contributed by atoms with E-state index in [9.17, 15) is 9.59 Å². The molecule has 1 saturated heterocycles. The molecule has 0 bridgehead atoms. The first kappa shape index (κ1) is 17.9. The molecule has 1 aliphatic rings. The van der Waals surface area contributed by atoms with Crippen molar-refractivity contribution in [3.05, 3.63) is 48.2 Å². The summed E-state index contributed by atoms with van der Waals surface area (Å²) in [6.07, 6.45) is 1.64. The highest BCUT2D eigenvalue weighted by Crippen LogP contribution is 2.21. The predicted octanol–water partition coefficient (Wildman–Crippen LogP) is 1.62. The minimum absolute atomic E-state index is 0.00840. The van der Waals surface area contributed by atoms with Gasteiger partial charge in [-0.2, -0.15) is 5.10 Å². The van der Waals surface area contributed by atoms with Crippen LogP contribution in [0.15, 0.2) is 42.6 Å². The molecule has 28 heavy (non-hydrogen) atoms. The molecule has 3 amide bonds. The first-order valence-corrected chi connectivity index (χ1v) is 8.97. The van der Waals surface area contributed by atoms with E-state index in [0.717, 1.165) is 5.56 Å². The molecule has 9 heteroatoms. The number of carbonyl (C=O) groups is 2. The zero-order valence-electron chi connectivity index (χ0n) is 15.4. The van der Waals surface area contributed by atoms with Gasteiger partial charge >= 0.3 is 6.03 Å². The molecular formula is C19H20N6O3. The molecule has 0 radical (unpaired) electrons. The number of morpholine rings is 1. The zero-order valence-corrected chi connectivity index (χ0v) is 15.4. The highest BCUT2D eigenvalue weighted by Gasteiger charge is 2.19. The van der Waals surface area contributed by atoms with Crippen molar-refractivity contribution in [1.82, 2.24) is 24.8 Å². The number of nitrogens with zero attached hydrogens (tertiary/aromatic N) is 4. The number of ether oxygens (including phenoxy) is 1. The van der Waals surface area contributed by atoms with Crippen LogP contribution in [0.2, 0.25) is 0 Å². The van der Waals surface area contributed by atoms with Gasteiger partial charge in [0, 0.05) is 31.3 Å². The van der Waals surface area contributed by atoms with Gasteiger partial charge in [0.05, 0.1) is 25.1 Å². The number of carbonyl (C=O) groups excluding carboxylic acids is 2. The number of aromatic nitrogens is 3. The summed E-state index contributed by atoms with van der Waals surface area (Å²) in [5.41, 5.74) is 2.76. The van der Waals surface area contributed by atoms with Crippen molar-refractivity contribution in [2.24, 2.45) is 0 Å². The molecule has 1 aliphatic heterocycles. The Morgan fingerprint density at radius 1 is 1.14 bits per heavy atom. The highest BCUT2D eigenvalue weighted by molar-refractivity contribution is 5.95. The van der Waals surface area contributed by atoms with E-state index in [2.05, 4.69) is 20.7 Å². The van der Waals surface area contributed by atoms with Gasteiger partial charge in [-0.1, -0.05) is 12.1 Å². The molecule has 4 rings (SSSR count). The second-order valence-electron chi connectivity index (χ2n) is 6.34. The van der Waals surface area contributed by atoms with Gasteiger partial charge < -0.3 is 15.0 Å². The maximum atomic E-state index is 12.7. The van der Waals surface area contributed by atoms with E-state index < -0.39 is 0 Å². The molecule has 3 heterocycles. The van der Waals surface area contributed by atoms with E-state index >= 15 is 0 Å². The van der Waals surface area contributed by atoms with Crippen LogP contribution >= 0.6 is 0 Å². The van der Waals surface area contributed by atoms with Crippen LogP contribution < -0.4 is 10.6 Å². The number of fused-ring (bicyclic) bond motifs is 1. The van der Waals surface area contributed by atoms with Crippen LogP contribution in [0.4, 0.5) is 10.6 Å². The number of imidazole rings is 1. The standard InChI is InChI=1S/C19H20N6O3/c1-20-19(27)22-16-12-25-17(21-16)6-5-15(23-25)13-3-2-4-14(11-13)18(26)24-7-9-28-10-8-24/h2-6,11-12H,7-10H2,1H3,(H2,20,22,27). The third-order valence-electron chi connectivity index (χ3n) is 4.49. The third-order valence-corrected chi connectivity index (χ3v) is 4.49. The van der Waals surface area contributed by atoms with Crippen LogP contribution in [0.1, 0.15) is 10.4 Å². The Morgan fingerprint density at radius 3 is 2.75 bits per heavy atom. The Morgan fingerprint density at radius 2 is 1.96 bits per heavy atom. The largest absolute Gasteiger partial charge is 0.378 e. The van der Waals surface area contributed by atoms with E-state index in [1.807, 2.05) is 36.4 Å². The van der Waals surface area contributed by atoms with Gasteiger partial charge in [-0.15, -0.1) is 0 Å². The van der Waals surface area contributed by atoms with Gasteiger partial charge in [-0.3, -0.25) is 10.1 Å². The molecule has 0 aliphatic carbocycles. The number of amides is 3. The summed E-state index contributed by atoms with van der Waals surface area (Å²) in [6.45, 7) is 2.33. The van der Waals surface area contributed by atoms with Crippen LogP contribution in [0.5, 0.6) is 0 Å². The van der Waals surface area contributed by atoms with Gasteiger partial charge in [0.15, 0.2) is 11.5 Å². The van der Waals surface area contributed by atoms with Crippen molar-refractivity contribution in [2.75, 3.05) is 38.7 Å². The first-order valence-electron chi connectivity index (χ1n) is 8.97. The lowest BCUT2D eigenvalue weighted by molar-refractivity contribution is 0.0303. The molecule has 1 fully saturated rings. The molecule has 9 nitrogen and oxygen atoms in total. The van der Waals surface area contributed by atoms with Gasteiger partial charge in [0.25, 0.3) is 5.91 Å². The molecule has 0 unspecified atom stereocenters. The van der Waals surface area contributed by atoms with E-state index in [1.165, 1.54) is 7.05 Å². The summed E-state index contributed by atoms with van der Waals surface area (Å²) >= 11 is 0. The fourth-order valence-corrected chi connectivity index (χ4v) is 3.04. The minimum Gasteiger partial charge on any atom is -0.378 e. The van der Waals surface area contributed by atoms with Crippen molar-refractivity contribution in [2.45, 2.75) is 0 Å². The van der Waals surface area contributed by atoms with Crippen molar-refractivity contribution in [3.63, 3.8) is 0 Å². The molecule has 3 aromatic rings. The van der Waals surface area contributed by atoms with Gasteiger partial charge in [0.1, 0.15) is 0 Å². The highest BCUT2D eigenvalue weighted by atomic mass is 16.5. The minimum atomic E-state index is -0.349. The van der Waals surface area contributed by atoms with E-state index in [0.29, 0.717) is 49.0 Å². The second kappa shape index (κ2) is 7.65. The maximum absolute atomic E-state index is 12.7. The summed E-state index contributed by atoms with van der Waals surface area (Å²) in [5.74, 6) is 0.395. The van der Waals surface area contributed by atoms with Crippen LogP contribution in [-0.4, -0.2) is 64.8 Å². The molecular weight excluding hydrogens is 360 g/mol. The average Bonchev–Trinajstić information content (AvgIpc) is 3.15. The van der Waals surface area contributed by atoms with Gasteiger partial charge in [-0.05, 0) is 24.3 Å². The Bertz CT molecular complexity index is 1030. The monoisotopic (exact) mass is 380 g/mol. The van der Waals surface area contributed by atoms with Crippen molar-refractivity contribution < 1.29 is 14.3 Å². The van der Waals surface area contributed by atoms with Crippen LogP contribution in [0.3, 0.4) is 0 Å². The number of rotatable bonds is 3. The van der Waals surface area contributed by atoms with Crippen molar-refractivity contribution in [3.8, 4) is 11.3 Å². The first-order chi connectivity index (χ1) is 13.6. The molecule has 0 saturated carbocycles. The molecule has 1 aromatic carbocycles. The molecule has 0 spiro atoms. The number of benzene rings is 1. The maximum Gasteiger partial charge on any atom is 0.320 e. The summed E-state index contributed by atoms with van der Waals surface area (Å²) in [4.78, 5) is 30.3. The number of anilines is 1. The second-order valence-corrected chi connectivity index (χ2v) is 6.34. The number of nitrogens with one attached hydrogen (secondary N) is 2. The Labute approximate surface area is 161 Å². The Kier molecular flexibility index (Phi) is 4.90. The number of hydrogen-bond acceptors (Lipinski definition) is 5. The summed E-state index contributed by atoms with van der Waals surface area (Å²) < 4.78 is 6.90. The normalized spacial score (nSPS) is 14.1. The Balaban J connectivity index is 1.60. The summed E-state index contributed by atoms with van der Waals surface area (Å²) in [7, 11) is 1.53. The van der Waals surface area contributed by atoms with Crippen molar-refractivity contribution in [1.29, 1.82) is 0 Å².